The Hall–Kier alpha value is -0.770. The van der Waals surface area contributed by atoms with E-state index in [-0.39, 0.29) is 6.09 Å². The van der Waals surface area contributed by atoms with Crippen molar-refractivity contribution < 1.29 is 9.53 Å². The third-order valence-corrected chi connectivity index (χ3v) is 2.77. The predicted molar refractivity (Wildman–Crippen MR) is 64.5 cm³/mol. The zero-order valence-electron chi connectivity index (χ0n) is 10.9. The van der Waals surface area contributed by atoms with Crippen LogP contribution in [0.2, 0.25) is 0 Å². The molecule has 1 aliphatic rings. The Kier molecular flexibility index (Phi) is 4.59. The topological polar surface area (TPSA) is 41.6 Å². The molecule has 1 aliphatic heterocycles. The van der Waals surface area contributed by atoms with Crippen molar-refractivity contribution in [2.75, 3.05) is 20.1 Å². The SMILES string of the molecule is CN(C(=O)OC(C)(C)C)[C@@H]1CCCNCC1. The van der Waals surface area contributed by atoms with E-state index >= 15 is 0 Å². The van der Waals surface area contributed by atoms with Gasteiger partial charge in [0.05, 0.1) is 0 Å². The Bertz CT molecular complexity index is 228. The Balaban J connectivity index is 2.48. The van der Waals surface area contributed by atoms with Gasteiger partial charge in [-0.25, -0.2) is 4.79 Å². The average molecular weight is 228 g/mol. The van der Waals surface area contributed by atoms with Gasteiger partial charge in [0.25, 0.3) is 0 Å². The van der Waals surface area contributed by atoms with Gasteiger partial charge in [-0.3, -0.25) is 0 Å². The van der Waals surface area contributed by atoms with E-state index in [2.05, 4.69) is 5.32 Å². The van der Waals surface area contributed by atoms with Gasteiger partial charge in [-0.15, -0.1) is 0 Å². The highest BCUT2D eigenvalue weighted by Gasteiger charge is 2.25. The van der Waals surface area contributed by atoms with Crippen LogP contribution in [0.5, 0.6) is 0 Å². The quantitative estimate of drug-likeness (QED) is 0.746. The van der Waals surface area contributed by atoms with Crippen LogP contribution in [0.4, 0.5) is 4.79 Å². The second-order valence-corrected chi connectivity index (χ2v) is 5.43. The summed E-state index contributed by atoms with van der Waals surface area (Å²) in [7, 11) is 1.84. The lowest BCUT2D eigenvalue weighted by Gasteiger charge is -2.30. The molecule has 1 N–H and O–H groups in total. The van der Waals surface area contributed by atoms with E-state index < -0.39 is 5.60 Å². The standard InChI is InChI=1S/C12H24N2O2/c1-12(2,3)16-11(15)14(4)10-6-5-8-13-9-7-10/h10,13H,5-9H2,1-4H3/t10-/m1/s1. The first-order valence-electron chi connectivity index (χ1n) is 6.06. The molecule has 0 aromatic carbocycles. The highest BCUT2D eigenvalue weighted by atomic mass is 16.6. The molecule has 0 aliphatic carbocycles. The first-order valence-corrected chi connectivity index (χ1v) is 6.06. The molecule has 0 unspecified atom stereocenters. The molecular weight excluding hydrogens is 204 g/mol. The van der Waals surface area contributed by atoms with Crippen LogP contribution < -0.4 is 5.32 Å². The minimum Gasteiger partial charge on any atom is -0.444 e. The monoisotopic (exact) mass is 228 g/mol. The number of carbonyl (C=O) groups excluding carboxylic acids is 1. The summed E-state index contributed by atoms with van der Waals surface area (Å²) in [6.45, 7) is 7.73. The van der Waals surface area contributed by atoms with Crippen LogP contribution >= 0.6 is 0 Å². The van der Waals surface area contributed by atoms with Crippen molar-refractivity contribution in [2.45, 2.75) is 51.7 Å². The lowest BCUT2D eigenvalue weighted by atomic mass is 10.1. The van der Waals surface area contributed by atoms with Crippen molar-refractivity contribution in [3.63, 3.8) is 0 Å². The van der Waals surface area contributed by atoms with E-state index in [1.165, 1.54) is 0 Å². The van der Waals surface area contributed by atoms with Crippen molar-refractivity contribution in [2.24, 2.45) is 0 Å². The van der Waals surface area contributed by atoms with E-state index in [0.29, 0.717) is 6.04 Å². The maximum absolute atomic E-state index is 11.9. The fourth-order valence-corrected chi connectivity index (χ4v) is 1.87. The first kappa shape index (κ1) is 13.3. The molecule has 0 bridgehead atoms. The summed E-state index contributed by atoms with van der Waals surface area (Å²) in [6, 6.07) is 0.310. The number of hydrogen-bond acceptors (Lipinski definition) is 3. The van der Waals surface area contributed by atoms with E-state index in [4.69, 9.17) is 4.74 Å². The fourth-order valence-electron chi connectivity index (χ4n) is 1.87. The molecule has 16 heavy (non-hydrogen) atoms. The molecule has 1 fully saturated rings. The van der Waals surface area contributed by atoms with Crippen molar-refractivity contribution in [3.8, 4) is 0 Å². The molecule has 94 valence electrons. The molecule has 0 radical (unpaired) electrons. The van der Waals surface area contributed by atoms with Crippen LogP contribution in [0.15, 0.2) is 0 Å². The van der Waals surface area contributed by atoms with Crippen molar-refractivity contribution in [1.82, 2.24) is 10.2 Å². The molecular formula is C12H24N2O2. The highest BCUT2D eigenvalue weighted by molar-refractivity contribution is 5.68. The first-order chi connectivity index (χ1) is 7.40. The fraction of sp³-hybridized carbons (Fsp3) is 0.917. The van der Waals surface area contributed by atoms with Gasteiger partial charge >= 0.3 is 6.09 Å². The third-order valence-electron chi connectivity index (χ3n) is 2.77. The molecule has 0 aromatic heterocycles. The molecule has 1 amide bonds. The number of ether oxygens (including phenoxy) is 1. The number of nitrogens with one attached hydrogen (secondary N) is 1. The molecule has 1 heterocycles. The van der Waals surface area contributed by atoms with Gasteiger partial charge in [0.15, 0.2) is 0 Å². The molecule has 0 spiro atoms. The predicted octanol–water partition coefficient (Wildman–Crippen LogP) is 2.00. The summed E-state index contributed by atoms with van der Waals surface area (Å²) in [5.74, 6) is 0. The van der Waals surface area contributed by atoms with E-state index in [0.717, 1.165) is 32.4 Å². The Labute approximate surface area is 98.3 Å². The van der Waals surface area contributed by atoms with Gasteiger partial charge in [0, 0.05) is 13.1 Å². The highest BCUT2D eigenvalue weighted by Crippen LogP contribution is 2.15. The number of nitrogens with zero attached hydrogens (tertiary/aromatic N) is 1. The summed E-state index contributed by atoms with van der Waals surface area (Å²) in [4.78, 5) is 13.6. The van der Waals surface area contributed by atoms with Crippen LogP contribution in [0.1, 0.15) is 40.0 Å². The van der Waals surface area contributed by atoms with Crippen LogP contribution in [-0.2, 0) is 4.74 Å². The second-order valence-electron chi connectivity index (χ2n) is 5.43. The van der Waals surface area contributed by atoms with Gasteiger partial charge < -0.3 is 15.0 Å². The van der Waals surface area contributed by atoms with Gasteiger partial charge in [-0.2, -0.15) is 0 Å². The largest absolute Gasteiger partial charge is 0.444 e. The Morgan fingerprint density at radius 3 is 2.62 bits per heavy atom. The average Bonchev–Trinajstić information content (AvgIpc) is 2.41. The molecule has 1 atom stereocenters. The third kappa shape index (κ3) is 4.39. The van der Waals surface area contributed by atoms with Crippen LogP contribution in [-0.4, -0.2) is 42.8 Å². The molecule has 0 aromatic rings. The molecule has 0 saturated carbocycles. The Morgan fingerprint density at radius 1 is 1.31 bits per heavy atom. The number of rotatable bonds is 1. The molecule has 4 nitrogen and oxygen atoms in total. The minimum atomic E-state index is -0.408. The molecule has 1 saturated heterocycles. The summed E-state index contributed by atoms with van der Waals surface area (Å²) < 4.78 is 5.36. The number of carbonyl (C=O) groups is 1. The van der Waals surface area contributed by atoms with Crippen LogP contribution in [0.3, 0.4) is 0 Å². The molecule has 4 heteroatoms. The summed E-state index contributed by atoms with van der Waals surface area (Å²) in [5.41, 5.74) is -0.408. The Morgan fingerprint density at radius 2 is 2.00 bits per heavy atom. The van der Waals surface area contributed by atoms with Crippen molar-refractivity contribution in [1.29, 1.82) is 0 Å². The minimum absolute atomic E-state index is 0.209. The second kappa shape index (κ2) is 5.53. The number of hydrogen-bond donors (Lipinski definition) is 1. The van der Waals surface area contributed by atoms with Crippen molar-refractivity contribution in [3.05, 3.63) is 0 Å². The molecule has 1 rings (SSSR count). The maximum Gasteiger partial charge on any atom is 0.410 e. The zero-order chi connectivity index (χ0) is 12.2. The lowest BCUT2D eigenvalue weighted by Crippen LogP contribution is -2.41. The summed E-state index contributed by atoms with van der Waals surface area (Å²) in [6.07, 6.45) is 2.98. The van der Waals surface area contributed by atoms with Gasteiger partial charge in [-0.1, -0.05) is 0 Å². The normalized spacial score (nSPS) is 22.4. The van der Waals surface area contributed by atoms with E-state index in [9.17, 15) is 4.79 Å². The summed E-state index contributed by atoms with van der Waals surface area (Å²) in [5, 5.41) is 3.34. The van der Waals surface area contributed by atoms with Crippen LogP contribution in [0, 0.1) is 0 Å². The van der Waals surface area contributed by atoms with E-state index in [1.54, 1.807) is 4.90 Å². The van der Waals surface area contributed by atoms with Gasteiger partial charge in [0.2, 0.25) is 0 Å². The van der Waals surface area contributed by atoms with E-state index in [1.807, 2.05) is 27.8 Å². The smallest absolute Gasteiger partial charge is 0.410 e. The van der Waals surface area contributed by atoms with Gasteiger partial charge in [0.1, 0.15) is 5.60 Å². The maximum atomic E-state index is 11.9. The zero-order valence-corrected chi connectivity index (χ0v) is 10.9. The van der Waals surface area contributed by atoms with Crippen LogP contribution in [0.25, 0.3) is 0 Å². The van der Waals surface area contributed by atoms with Crippen molar-refractivity contribution >= 4 is 6.09 Å². The lowest BCUT2D eigenvalue weighted by molar-refractivity contribution is 0.0211. The number of amides is 1. The van der Waals surface area contributed by atoms with Gasteiger partial charge in [-0.05, 0) is 53.1 Å². The summed E-state index contributed by atoms with van der Waals surface area (Å²) >= 11 is 0.